The number of nitrogens with one attached hydrogen (secondary N) is 1. The van der Waals surface area contributed by atoms with Crippen LogP contribution in [0.15, 0.2) is 66.3 Å². The number of benzene rings is 1. The van der Waals surface area contributed by atoms with Gasteiger partial charge in [0.25, 0.3) is 0 Å². The summed E-state index contributed by atoms with van der Waals surface area (Å²) in [6, 6.07) is 9.63. The molecule has 6 heteroatoms. The Labute approximate surface area is 298 Å². The quantitative estimate of drug-likeness (QED) is 0.155. The van der Waals surface area contributed by atoms with E-state index in [9.17, 15) is 0 Å². The van der Waals surface area contributed by atoms with Gasteiger partial charge < -0.3 is 16.0 Å². The molecule has 6 rings (SSSR count). The molecule has 0 aliphatic heterocycles. The second kappa shape index (κ2) is 18.0. The Morgan fingerprint density at radius 2 is 1.73 bits per heavy atom. The number of unbranched alkanes of at least 4 members (excludes halogenated alkanes) is 1. The van der Waals surface area contributed by atoms with Gasteiger partial charge in [-0.1, -0.05) is 70.9 Å². The lowest BCUT2D eigenvalue weighted by atomic mass is 9.51. The lowest BCUT2D eigenvalue weighted by Gasteiger charge is -2.55. The van der Waals surface area contributed by atoms with Crippen LogP contribution in [0, 0.1) is 18.3 Å². The van der Waals surface area contributed by atoms with Crippen LogP contribution in [0.1, 0.15) is 140 Å². The minimum absolute atomic E-state index is 0.200. The highest BCUT2D eigenvalue weighted by Gasteiger charge is 2.50. The van der Waals surface area contributed by atoms with Crippen molar-refractivity contribution >= 4 is 17.6 Å². The maximum Gasteiger partial charge on any atom is 0.136 e. The van der Waals surface area contributed by atoms with Crippen molar-refractivity contribution in [1.29, 1.82) is 0 Å². The maximum absolute atomic E-state index is 6.03. The molecule has 2 bridgehead atoms. The van der Waals surface area contributed by atoms with Crippen molar-refractivity contribution in [2.75, 3.05) is 18.0 Å². The van der Waals surface area contributed by atoms with Gasteiger partial charge in [-0.3, -0.25) is 4.99 Å². The second-order valence-electron chi connectivity index (χ2n) is 15.5. The summed E-state index contributed by atoms with van der Waals surface area (Å²) in [6.45, 7) is 23.4. The molecular weight excluding hydrogens is 601 g/mol. The van der Waals surface area contributed by atoms with Crippen LogP contribution < -0.4 is 16.0 Å². The van der Waals surface area contributed by atoms with Crippen LogP contribution in [-0.2, 0) is 11.8 Å². The fourth-order valence-electron chi connectivity index (χ4n) is 8.23. The fourth-order valence-corrected chi connectivity index (χ4v) is 8.23. The number of nitrogens with two attached hydrogens (primary N) is 1. The summed E-state index contributed by atoms with van der Waals surface area (Å²) in [5.41, 5.74) is 15.2. The molecule has 1 aromatic heterocycles. The Bertz CT molecular complexity index is 1420. The van der Waals surface area contributed by atoms with Crippen LogP contribution in [0.3, 0.4) is 0 Å². The van der Waals surface area contributed by atoms with Crippen molar-refractivity contribution in [3.63, 3.8) is 0 Å². The molecule has 0 spiro atoms. The normalized spacial score (nSPS) is 22.6. The highest BCUT2D eigenvalue weighted by molar-refractivity contribution is 6.09. The van der Waals surface area contributed by atoms with Crippen molar-refractivity contribution in [3.05, 3.63) is 83.7 Å². The molecule has 3 N–H and O–H groups in total. The summed E-state index contributed by atoms with van der Waals surface area (Å²) in [5, 5.41) is 3.15. The van der Waals surface area contributed by atoms with E-state index in [0.717, 1.165) is 42.3 Å². The van der Waals surface area contributed by atoms with Crippen LogP contribution in [-0.4, -0.2) is 35.3 Å². The van der Waals surface area contributed by atoms with Crippen LogP contribution in [0.2, 0.25) is 0 Å². The van der Waals surface area contributed by atoms with Crippen molar-refractivity contribution in [3.8, 4) is 0 Å². The molecule has 1 aromatic carbocycles. The van der Waals surface area contributed by atoms with Gasteiger partial charge in [0.05, 0.1) is 5.69 Å². The molecule has 2 aromatic rings. The topological polar surface area (TPSA) is 79.4 Å². The maximum atomic E-state index is 6.03. The van der Waals surface area contributed by atoms with Crippen molar-refractivity contribution in [2.45, 2.75) is 143 Å². The number of hydrogen-bond donors (Lipinski definition) is 2. The predicted molar refractivity (Wildman–Crippen MR) is 211 cm³/mol. The van der Waals surface area contributed by atoms with E-state index < -0.39 is 0 Å². The predicted octanol–water partition coefficient (Wildman–Crippen LogP) is 10.2. The number of fused-ring (bicyclic) bond motifs is 3. The molecule has 49 heavy (non-hydrogen) atoms. The van der Waals surface area contributed by atoms with Gasteiger partial charge in [0, 0.05) is 54.6 Å². The van der Waals surface area contributed by atoms with Crippen LogP contribution >= 0.6 is 0 Å². The lowest BCUT2D eigenvalue weighted by Crippen LogP contribution is -2.49. The van der Waals surface area contributed by atoms with Crippen LogP contribution in [0.4, 0.5) is 5.82 Å². The Hall–Kier alpha value is -3.41. The summed E-state index contributed by atoms with van der Waals surface area (Å²) >= 11 is 0. The van der Waals surface area contributed by atoms with E-state index >= 15 is 0 Å². The molecule has 0 atom stereocenters. The zero-order valence-electron chi connectivity index (χ0n) is 31.8. The van der Waals surface area contributed by atoms with Gasteiger partial charge in [-0.05, 0) is 125 Å². The molecule has 6 nitrogen and oxygen atoms in total. The lowest BCUT2D eigenvalue weighted by molar-refractivity contribution is 0.0459. The minimum atomic E-state index is 0.200. The first kappa shape index (κ1) is 38.4. The second-order valence-corrected chi connectivity index (χ2v) is 15.5. The Morgan fingerprint density at radius 3 is 2.31 bits per heavy atom. The summed E-state index contributed by atoms with van der Waals surface area (Å²) in [7, 11) is 0. The molecule has 4 fully saturated rings. The zero-order chi connectivity index (χ0) is 35.4. The van der Waals surface area contributed by atoms with Crippen molar-refractivity contribution in [1.82, 2.24) is 15.3 Å². The van der Waals surface area contributed by atoms with E-state index in [1.807, 2.05) is 13.1 Å². The highest BCUT2D eigenvalue weighted by atomic mass is 15.2. The average Bonchev–Trinajstić information content (AvgIpc) is 3.12. The molecule has 4 saturated carbocycles. The molecular formula is C43H66N6. The number of nitrogens with zero attached hydrogens (tertiary/aromatic N) is 4. The SMILES string of the molecule is C=C(C)NCCCC.C=C(C1CCCCC1)N(CC12CCC(c3ccc(CC)c(C)c3)(CC1)CC2)c1cc(/C(C=NC(C)C)=C/N)ncn1. The summed E-state index contributed by atoms with van der Waals surface area (Å²) < 4.78 is 0. The van der Waals surface area contributed by atoms with Gasteiger partial charge >= 0.3 is 0 Å². The number of anilines is 1. The zero-order valence-corrected chi connectivity index (χ0v) is 31.8. The van der Waals surface area contributed by atoms with E-state index in [4.69, 9.17) is 17.3 Å². The monoisotopic (exact) mass is 667 g/mol. The molecule has 4 aliphatic carbocycles. The van der Waals surface area contributed by atoms with Crippen LogP contribution in [0.5, 0.6) is 0 Å². The first-order chi connectivity index (χ1) is 23.5. The van der Waals surface area contributed by atoms with Gasteiger partial charge in [0.15, 0.2) is 0 Å². The number of aryl methyl sites for hydroxylation is 2. The van der Waals surface area contributed by atoms with Crippen molar-refractivity contribution < 1.29 is 0 Å². The molecule has 268 valence electrons. The Morgan fingerprint density at radius 1 is 1.04 bits per heavy atom. The summed E-state index contributed by atoms with van der Waals surface area (Å²) in [5.74, 6) is 1.47. The molecule has 1 heterocycles. The molecule has 0 unspecified atom stereocenters. The standard InChI is InChI=1S/C36H51N5.C7H15N/c1-6-29-12-13-32(20-27(29)4)36-17-14-35(15-18-36,16-19-36)24-41(28(5)30-10-8-7-9-11-30)34-21-33(39-25-40-34)31(22-37)23-38-26(2)3;1-4-5-6-8-7(2)3/h12-13,20-23,25-26,30H,5-11,14-19,24,37H2,1-4H3;8H,2,4-6H2,1,3H3/b31-22+,38-23?;. The van der Waals surface area contributed by atoms with Gasteiger partial charge in [-0.25, -0.2) is 9.97 Å². The third-order valence-electron chi connectivity index (χ3n) is 11.5. The van der Waals surface area contributed by atoms with Gasteiger partial charge in [0.2, 0.25) is 0 Å². The summed E-state index contributed by atoms with van der Waals surface area (Å²) in [6.07, 6.45) is 22.8. The highest BCUT2D eigenvalue weighted by Crippen LogP contribution is 2.58. The van der Waals surface area contributed by atoms with E-state index in [2.05, 4.69) is 85.7 Å². The van der Waals surface area contributed by atoms with E-state index in [-0.39, 0.29) is 6.04 Å². The van der Waals surface area contributed by atoms with Gasteiger partial charge in [0.1, 0.15) is 12.1 Å². The molecule has 4 aliphatic rings. The number of rotatable bonds is 14. The fraction of sp³-hybridized carbons (Fsp3) is 0.605. The third-order valence-corrected chi connectivity index (χ3v) is 11.5. The average molecular weight is 667 g/mol. The molecule has 0 amide bonds. The first-order valence-electron chi connectivity index (χ1n) is 19.3. The van der Waals surface area contributed by atoms with Gasteiger partial charge in [-0.15, -0.1) is 0 Å². The minimum Gasteiger partial charge on any atom is -0.404 e. The van der Waals surface area contributed by atoms with Crippen LogP contribution in [0.25, 0.3) is 5.57 Å². The van der Waals surface area contributed by atoms with E-state index in [1.165, 1.54) is 100 Å². The summed E-state index contributed by atoms with van der Waals surface area (Å²) in [4.78, 5) is 16.5. The third kappa shape index (κ3) is 10.1. The van der Waals surface area contributed by atoms with E-state index in [1.54, 1.807) is 18.1 Å². The number of aliphatic imine (C=N–C) groups is 1. The molecule has 0 radical (unpaired) electrons. The number of allylic oxidation sites excluding steroid dienone is 3. The number of aromatic nitrogens is 2. The number of hydrogen-bond acceptors (Lipinski definition) is 6. The smallest absolute Gasteiger partial charge is 0.136 e. The largest absolute Gasteiger partial charge is 0.404 e. The van der Waals surface area contributed by atoms with Crippen molar-refractivity contribution in [2.24, 2.45) is 22.1 Å². The van der Waals surface area contributed by atoms with E-state index in [0.29, 0.717) is 16.7 Å². The Balaban J connectivity index is 0.000000603. The Kier molecular flexibility index (Phi) is 14.1. The first-order valence-corrected chi connectivity index (χ1v) is 19.3. The van der Waals surface area contributed by atoms with Gasteiger partial charge in [-0.2, -0.15) is 0 Å². The molecule has 0 saturated heterocycles.